The molecule has 0 aromatic heterocycles. The monoisotopic (exact) mass is 242 g/mol. The van der Waals surface area contributed by atoms with Crippen molar-refractivity contribution in [2.45, 2.75) is 57.4 Å². The summed E-state index contributed by atoms with van der Waals surface area (Å²) in [5, 5.41) is 12.2. The van der Waals surface area contributed by atoms with Gasteiger partial charge in [-0.3, -0.25) is 0 Å². The normalized spacial score (nSPS) is 21.9. The number of likely N-dealkylation sites (tertiary alicyclic amines) is 1. The van der Waals surface area contributed by atoms with Crippen molar-refractivity contribution in [3.8, 4) is 0 Å². The highest BCUT2D eigenvalue weighted by Gasteiger charge is 2.17. The summed E-state index contributed by atoms with van der Waals surface area (Å²) >= 11 is 0. The van der Waals surface area contributed by atoms with E-state index in [1.165, 1.54) is 51.5 Å². The average molecular weight is 242 g/mol. The molecule has 1 rings (SSSR count). The van der Waals surface area contributed by atoms with Crippen LogP contribution in [0.15, 0.2) is 0 Å². The fourth-order valence-corrected chi connectivity index (χ4v) is 2.62. The maximum absolute atomic E-state index is 8.66. The van der Waals surface area contributed by atoms with Gasteiger partial charge in [-0.15, -0.1) is 0 Å². The van der Waals surface area contributed by atoms with Gasteiger partial charge < -0.3 is 15.3 Å². The molecule has 3 nitrogen and oxygen atoms in total. The predicted octanol–water partition coefficient (Wildman–Crippen LogP) is 2.00. The number of hydrogen-bond donors (Lipinski definition) is 2. The third kappa shape index (κ3) is 7.02. The van der Waals surface area contributed by atoms with E-state index < -0.39 is 0 Å². The number of nitrogens with zero attached hydrogens (tertiary/aromatic N) is 1. The molecule has 102 valence electrons. The Hall–Kier alpha value is -0.120. The van der Waals surface area contributed by atoms with Crippen LogP contribution in [0.1, 0.15) is 51.4 Å². The van der Waals surface area contributed by atoms with Gasteiger partial charge >= 0.3 is 0 Å². The first-order chi connectivity index (χ1) is 8.34. The lowest BCUT2D eigenvalue weighted by molar-refractivity contribution is 0.175. The maximum Gasteiger partial charge on any atom is 0.0431 e. The highest BCUT2D eigenvalue weighted by Crippen LogP contribution is 2.16. The van der Waals surface area contributed by atoms with Crippen LogP contribution in [0.3, 0.4) is 0 Å². The molecule has 1 unspecified atom stereocenters. The zero-order valence-corrected chi connectivity index (χ0v) is 11.5. The average Bonchev–Trinajstić information content (AvgIpc) is 2.35. The summed E-state index contributed by atoms with van der Waals surface area (Å²) in [7, 11) is 2.26. The number of rotatable bonds is 9. The van der Waals surface area contributed by atoms with E-state index in [1.54, 1.807) is 0 Å². The zero-order chi connectivity index (χ0) is 12.3. The molecule has 1 saturated heterocycles. The first kappa shape index (κ1) is 14.9. The van der Waals surface area contributed by atoms with Crippen molar-refractivity contribution in [2.24, 2.45) is 0 Å². The summed E-state index contributed by atoms with van der Waals surface area (Å²) in [5.74, 6) is 0. The Bertz CT molecular complexity index is 176. The molecule has 1 aliphatic rings. The first-order valence-electron chi connectivity index (χ1n) is 7.36. The standard InChI is InChI=1S/C14H30N2O/c1-16-12-6-4-8-14(16)9-11-15-10-5-2-3-7-13-17/h14-15,17H,2-13H2,1H3. The topological polar surface area (TPSA) is 35.5 Å². The lowest BCUT2D eigenvalue weighted by atomic mass is 10.0. The molecule has 1 fully saturated rings. The molecule has 0 aromatic carbocycles. The molecule has 0 radical (unpaired) electrons. The number of aliphatic hydroxyl groups is 1. The van der Waals surface area contributed by atoms with Gasteiger partial charge in [0, 0.05) is 12.6 Å². The molecule has 17 heavy (non-hydrogen) atoms. The van der Waals surface area contributed by atoms with Crippen LogP contribution in [-0.4, -0.2) is 49.3 Å². The summed E-state index contributed by atoms with van der Waals surface area (Å²) in [6, 6.07) is 0.811. The largest absolute Gasteiger partial charge is 0.396 e. The number of piperidine rings is 1. The van der Waals surface area contributed by atoms with Crippen LogP contribution in [0, 0.1) is 0 Å². The van der Waals surface area contributed by atoms with Crippen molar-refractivity contribution < 1.29 is 5.11 Å². The minimum absolute atomic E-state index is 0.349. The van der Waals surface area contributed by atoms with Crippen LogP contribution in [0.2, 0.25) is 0 Å². The second-order valence-corrected chi connectivity index (χ2v) is 5.31. The van der Waals surface area contributed by atoms with E-state index in [-0.39, 0.29) is 0 Å². The molecule has 3 heteroatoms. The zero-order valence-electron chi connectivity index (χ0n) is 11.5. The van der Waals surface area contributed by atoms with Crippen LogP contribution in [0.4, 0.5) is 0 Å². The van der Waals surface area contributed by atoms with Gasteiger partial charge in [0.15, 0.2) is 0 Å². The van der Waals surface area contributed by atoms with E-state index in [2.05, 4.69) is 17.3 Å². The maximum atomic E-state index is 8.66. The fraction of sp³-hybridized carbons (Fsp3) is 1.00. The Balaban J connectivity index is 1.86. The summed E-state index contributed by atoms with van der Waals surface area (Å²) in [6.45, 7) is 3.93. The van der Waals surface area contributed by atoms with E-state index >= 15 is 0 Å². The molecule has 2 N–H and O–H groups in total. The predicted molar refractivity (Wildman–Crippen MR) is 73.3 cm³/mol. The minimum Gasteiger partial charge on any atom is -0.396 e. The van der Waals surface area contributed by atoms with Crippen molar-refractivity contribution in [2.75, 3.05) is 33.3 Å². The lowest BCUT2D eigenvalue weighted by Crippen LogP contribution is -2.38. The summed E-state index contributed by atoms with van der Waals surface area (Å²) in [4.78, 5) is 2.52. The molecule has 1 atom stereocenters. The Kier molecular flexibility index (Phi) is 8.67. The van der Waals surface area contributed by atoms with Gasteiger partial charge in [-0.1, -0.05) is 19.3 Å². The van der Waals surface area contributed by atoms with E-state index in [9.17, 15) is 0 Å². The molecule has 0 spiro atoms. The third-order valence-electron chi connectivity index (χ3n) is 3.84. The number of hydrogen-bond acceptors (Lipinski definition) is 3. The van der Waals surface area contributed by atoms with Gasteiger partial charge in [-0.25, -0.2) is 0 Å². The van der Waals surface area contributed by atoms with Crippen LogP contribution >= 0.6 is 0 Å². The number of nitrogens with one attached hydrogen (secondary N) is 1. The van der Waals surface area contributed by atoms with E-state index in [1.807, 2.05) is 0 Å². The molecular formula is C14H30N2O. The molecule has 0 amide bonds. The smallest absolute Gasteiger partial charge is 0.0431 e. The second kappa shape index (κ2) is 9.86. The molecule has 0 aliphatic carbocycles. The minimum atomic E-state index is 0.349. The highest BCUT2D eigenvalue weighted by molar-refractivity contribution is 4.74. The van der Waals surface area contributed by atoms with Gasteiger partial charge in [0.25, 0.3) is 0 Å². The summed E-state index contributed by atoms with van der Waals surface area (Å²) < 4.78 is 0. The van der Waals surface area contributed by atoms with Crippen LogP contribution in [0.5, 0.6) is 0 Å². The Morgan fingerprint density at radius 3 is 2.71 bits per heavy atom. The third-order valence-corrected chi connectivity index (χ3v) is 3.84. The van der Waals surface area contributed by atoms with Crippen LogP contribution in [-0.2, 0) is 0 Å². The van der Waals surface area contributed by atoms with Crippen molar-refractivity contribution in [3.05, 3.63) is 0 Å². The van der Waals surface area contributed by atoms with Gasteiger partial charge in [0.2, 0.25) is 0 Å². The second-order valence-electron chi connectivity index (χ2n) is 5.31. The van der Waals surface area contributed by atoms with Gasteiger partial charge in [-0.05, 0) is 58.8 Å². The molecular weight excluding hydrogens is 212 g/mol. The van der Waals surface area contributed by atoms with Gasteiger partial charge in [0.1, 0.15) is 0 Å². The quantitative estimate of drug-likeness (QED) is 0.607. The van der Waals surface area contributed by atoms with Crippen molar-refractivity contribution >= 4 is 0 Å². The number of unbranched alkanes of at least 4 members (excludes halogenated alkanes) is 3. The molecule has 0 saturated carbocycles. The highest BCUT2D eigenvalue weighted by atomic mass is 16.2. The number of aliphatic hydroxyl groups excluding tert-OH is 1. The van der Waals surface area contributed by atoms with Gasteiger partial charge in [0.05, 0.1) is 0 Å². The molecule has 0 aromatic rings. The summed E-state index contributed by atoms with van der Waals surface area (Å²) in [6.07, 6.45) is 10.1. The fourth-order valence-electron chi connectivity index (χ4n) is 2.62. The van der Waals surface area contributed by atoms with E-state index in [0.717, 1.165) is 25.6 Å². The van der Waals surface area contributed by atoms with E-state index in [0.29, 0.717) is 6.61 Å². The lowest BCUT2D eigenvalue weighted by Gasteiger charge is -2.32. The summed E-state index contributed by atoms with van der Waals surface area (Å²) in [5.41, 5.74) is 0. The SMILES string of the molecule is CN1CCCCC1CCNCCCCCCO. The van der Waals surface area contributed by atoms with Crippen molar-refractivity contribution in [1.29, 1.82) is 0 Å². The molecule has 0 bridgehead atoms. The van der Waals surface area contributed by atoms with Crippen LogP contribution < -0.4 is 5.32 Å². The molecule has 1 aliphatic heterocycles. The van der Waals surface area contributed by atoms with Crippen molar-refractivity contribution in [1.82, 2.24) is 10.2 Å². The molecule has 1 heterocycles. The first-order valence-corrected chi connectivity index (χ1v) is 7.36. The Morgan fingerprint density at radius 1 is 1.12 bits per heavy atom. The van der Waals surface area contributed by atoms with Gasteiger partial charge in [-0.2, -0.15) is 0 Å². The Morgan fingerprint density at radius 2 is 1.94 bits per heavy atom. The van der Waals surface area contributed by atoms with Crippen LogP contribution in [0.25, 0.3) is 0 Å². The van der Waals surface area contributed by atoms with E-state index in [4.69, 9.17) is 5.11 Å². The van der Waals surface area contributed by atoms with Crippen molar-refractivity contribution in [3.63, 3.8) is 0 Å². The Labute approximate surface area is 107 Å².